The Labute approximate surface area is 193 Å². The first-order chi connectivity index (χ1) is 15.4. The summed E-state index contributed by atoms with van der Waals surface area (Å²) < 4.78 is 12.0. The SMILES string of the molecule is COCCCNC(=O)/C(C#N)=C/c1c(Oc2ccc(Cl)cc2Cl)nc2ccccn2c1=O. The van der Waals surface area contributed by atoms with Crippen LogP contribution in [0.5, 0.6) is 11.6 Å². The number of hydrogen-bond donors (Lipinski definition) is 1. The third-order valence-corrected chi connectivity index (χ3v) is 4.83. The molecule has 0 aliphatic heterocycles. The van der Waals surface area contributed by atoms with Crippen LogP contribution >= 0.6 is 23.2 Å². The smallest absolute Gasteiger partial charge is 0.269 e. The molecule has 0 unspecified atom stereocenters. The van der Waals surface area contributed by atoms with Gasteiger partial charge in [-0.05, 0) is 42.8 Å². The Morgan fingerprint density at radius 1 is 1.31 bits per heavy atom. The zero-order valence-corrected chi connectivity index (χ0v) is 18.5. The van der Waals surface area contributed by atoms with Crippen LogP contribution in [0.4, 0.5) is 0 Å². The molecule has 0 spiro atoms. The van der Waals surface area contributed by atoms with Gasteiger partial charge in [0, 0.05) is 31.5 Å². The summed E-state index contributed by atoms with van der Waals surface area (Å²) in [4.78, 5) is 29.9. The molecule has 1 amide bonds. The summed E-state index contributed by atoms with van der Waals surface area (Å²) in [5.41, 5.74) is -0.555. The largest absolute Gasteiger partial charge is 0.437 e. The average Bonchev–Trinajstić information content (AvgIpc) is 2.78. The van der Waals surface area contributed by atoms with Crippen LogP contribution < -0.4 is 15.6 Å². The van der Waals surface area contributed by atoms with E-state index in [4.69, 9.17) is 32.7 Å². The lowest BCUT2D eigenvalue weighted by Crippen LogP contribution is -2.27. The second-order valence-electron chi connectivity index (χ2n) is 6.51. The highest BCUT2D eigenvalue weighted by atomic mass is 35.5. The van der Waals surface area contributed by atoms with E-state index >= 15 is 0 Å². The van der Waals surface area contributed by atoms with Gasteiger partial charge in [0.05, 0.1) is 5.02 Å². The molecule has 2 heterocycles. The molecule has 3 rings (SSSR count). The summed E-state index contributed by atoms with van der Waals surface area (Å²) >= 11 is 12.1. The Bertz CT molecular complexity index is 1280. The molecule has 0 bridgehead atoms. The van der Waals surface area contributed by atoms with Crippen LogP contribution in [0.2, 0.25) is 10.0 Å². The number of fused-ring (bicyclic) bond motifs is 1. The number of nitrogens with one attached hydrogen (secondary N) is 1. The first kappa shape index (κ1) is 23.3. The molecule has 0 aliphatic carbocycles. The molecule has 10 heteroatoms. The molecular formula is C22H18Cl2N4O4. The number of nitrogens with zero attached hydrogens (tertiary/aromatic N) is 3. The number of nitriles is 1. The number of halogens is 2. The maximum absolute atomic E-state index is 13.1. The van der Waals surface area contributed by atoms with Gasteiger partial charge >= 0.3 is 0 Å². The normalized spacial score (nSPS) is 11.2. The predicted molar refractivity (Wildman–Crippen MR) is 121 cm³/mol. The van der Waals surface area contributed by atoms with Crippen LogP contribution in [0, 0.1) is 11.3 Å². The van der Waals surface area contributed by atoms with Crippen molar-refractivity contribution in [3.63, 3.8) is 0 Å². The number of pyridine rings is 1. The van der Waals surface area contributed by atoms with Crippen LogP contribution in [-0.4, -0.2) is 35.6 Å². The van der Waals surface area contributed by atoms with Crippen LogP contribution in [0.3, 0.4) is 0 Å². The molecule has 1 aromatic carbocycles. The van der Waals surface area contributed by atoms with Crippen molar-refractivity contribution in [2.75, 3.05) is 20.3 Å². The summed E-state index contributed by atoms with van der Waals surface area (Å²) in [7, 11) is 1.55. The van der Waals surface area contributed by atoms with Crippen molar-refractivity contribution in [1.82, 2.24) is 14.7 Å². The topological polar surface area (TPSA) is 106 Å². The van der Waals surface area contributed by atoms with E-state index in [1.54, 1.807) is 31.4 Å². The monoisotopic (exact) mass is 472 g/mol. The molecule has 1 N–H and O–H groups in total. The van der Waals surface area contributed by atoms with E-state index in [0.717, 1.165) is 6.08 Å². The highest BCUT2D eigenvalue weighted by molar-refractivity contribution is 6.35. The van der Waals surface area contributed by atoms with Crippen molar-refractivity contribution in [2.24, 2.45) is 0 Å². The van der Waals surface area contributed by atoms with Gasteiger partial charge in [0.2, 0.25) is 5.88 Å². The fraction of sp³-hybridized carbons (Fsp3) is 0.182. The van der Waals surface area contributed by atoms with Crippen molar-refractivity contribution >= 4 is 40.8 Å². The lowest BCUT2D eigenvalue weighted by atomic mass is 10.1. The van der Waals surface area contributed by atoms with Crippen LogP contribution in [-0.2, 0) is 9.53 Å². The van der Waals surface area contributed by atoms with E-state index in [1.165, 1.54) is 22.7 Å². The number of aromatic nitrogens is 2. The van der Waals surface area contributed by atoms with Crippen molar-refractivity contribution in [3.05, 3.63) is 74.1 Å². The third-order valence-electron chi connectivity index (χ3n) is 4.30. The molecule has 0 radical (unpaired) electrons. The van der Waals surface area contributed by atoms with Crippen molar-refractivity contribution in [1.29, 1.82) is 5.26 Å². The minimum atomic E-state index is -0.628. The Morgan fingerprint density at radius 3 is 2.84 bits per heavy atom. The lowest BCUT2D eigenvalue weighted by Gasteiger charge is -2.11. The van der Waals surface area contributed by atoms with Crippen LogP contribution in [0.1, 0.15) is 12.0 Å². The molecule has 0 fully saturated rings. The predicted octanol–water partition coefficient (Wildman–Crippen LogP) is 3.85. The maximum atomic E-state index is 13.1. The second-order valence-corrected chi connectivity index (χ2v) is 7.36. The van der Waals surface area contributed by atoms with Crippen molar-refractivity contribution < 1.29 is 14.3 Å². The number of ether oxygens (including phenoxy) is 2. The number of hydrogen-bond acceptors (Lipinski definition) is 6. The molecular weight excluding hydrogens is 455 g/mol. The Balaban J connectivity index is 2.07. The number of rotatable bonds is 8. The quantitative estimate of drug-likeness (QED) is 0.303. The fourth-order valence-corrected chi connectivity index (χ4v) is 3.20. The van der Waals surface area contributed by atoms with Gasteiger partial charge in [-0.15, -0.1) is 0 Å². The standard InChI is InChI=1S/C22H18Cl2N4O4/c1-31-10-4-8-26-20(29)14(13-25)11-16-21(32-18-7-6-15(23)12-17(18)24)27-19-5-2-3-9-28(19)22(16)30/h2-3,5-7,9,11-12H,4,8,10H2,1H3,(H,26,29)/b14-11+. The molecule has 0 saturated carbocycles. The van der Waals surface area contributed by atoms with Crippen LogP contribution in [0.15, 0.2) is 53.0 Å². The van der Waals surface area contributed by atoms with E-state index in [1.807, 2.05) is 6.07 Å². The lowest BCUT2D eigenvalue weighted by molar-refractivity contribution is -0.117. The van der Waals surface area contributed by atoms with E-state index in [2.05, 4.69) is 10.3 Å². The fourth-order valence-electron chi connectivity index (χ4n) is 2.75. The summed E-state index contributed by atoms with van der Waals surface area (Å²) in [6.45, 7) is 0.770. The van der Waals surface area contributed by atoms with Gasteiger partial charge in [-0.3, -0.25) is 14.0 Å². The van der Waals surface area contributed by atoms with Crippen molar-refractivity contribution in [3.8, 4) is 17.7 Å². The minimum Gasteiger partial charge on any atom is -0.437 e. The van der Waals surface area contributed by atoms with Crippen LogP contribution in [0.25, 0.3) is 11.7 Å². The van der Waals surface area contributed by atoms with E-state index < -0.39 is 11.5 Å². The van der Waals surface area contributed by atoms with E-state index in [0.29, 0.717) is 30.2 Å². The first-order valence-corrected chi connectivity index (χ1v) is 10.2. The number of methoxy groups -OCH3 is 1. The molecule has 0 atom stereocenters. The Hall–Kier alpha value is -3.38. The molecule has 164 valence electrons. The van der Waals surface area contributed by atoms with Gasteiger partial charge in [0.15, 0.2) is 0 Å². The van der Waals surface area contributed by atoms with Gasteiger partial charge in [-0.25, -0.2) is 0 Å². The zero-order valence-electron chi connectivity index (χ0n) is 17.0. The molecule has 8 nitrogen and oxygen atoms in total. The van der Waals surface area contributed by atoms with E-state index in [-0.39, 0.29) is 27.8 Å². The number of benzene rings is 1. The third kappa shape index (κ3) is 5.45. The Morgan fingerprint density at radius 2 is 2.12 bits per heavy atom. The van der Waals surface area contributed by atoms with Gasteiger partial charge in [-0.2, -0.15) is 10.2 Å². The number of carbonyl (C=O) groups is 1. The van der Waals surface area contributed by atoms with Gasteiger partial charge in [-0.1, -0.05) is 29.3 Å². The molecule has 32 heavy (non-hydrogen) atoms. The summed E-state index contributed by atoms with van der Waals surface area (Å²) in [6.07, 6.45) is 3.25. The molecule has 2 aromatic heterocycles. The summed E-state index contributed by atoms with van der Waals surface area (Å²) in [6, 6.07) is 11.4. The van der Waals surface area contributed by atoms with Gasteiger partial charge < -0.3 is 14.8 Å². The molecule has 0 aliphatic rings. The highest BCUT2D eigenvalue weighted by Gasteiger charge is 2.18. The zero-order chi connectivity index (χ0) is 23.1. The van der Waals surface area contributed by atoms with E-state index in [9.17, 15) is 14.9 Å². The number of carbonyl (C=O) groups excluding carboxylic acids is 1. The molecule has 0 saturated heterocycles. The maximum Gasteiger partial charge on any atom is 0.269 e. The van der Waals surface area contributed by atoms with Gasteiger partial charge in [0.1, 0.15) is 28.6 Å². The second kappa shape index (κ2) is 10.8. The summed E-state index contributed by atoms with van der Waals surface area (Å²) in [5, 5.41) is 12.7. The number of amides is 1. The highest BCUT2D eigenvalue weighted by Crippen LogP contribution is 2.32. The first-order valence-electron chi connectivity index (χ1n) is 9.48. The average molecular weight is 473 g/mol. The Kier molecular flexibility index (Phi) is 7.84. The minimum absolute atomic E-state index is 0.0803. The summed E-state index contributed by atoms with van der Waals surface area (Å²) in [5.74, 6) is -0.526. The van der Waals surface area contributed by atoms with Crippen molar-refractivity contribution in [2.45, 2.75) is 6.42 Å². The molecule has 3 aromatic rings. The van der Waals surface area contributed by atoms with Gasteiger partial charge in [0.25, 0.3) is 11.5 Å².